The maximum Gasteiger partial charge on any atom is 0.401 e. The predicted molar refractivity (Wildman–Crippen MR) is 103 cm³/mol. The summed E-state index contributed by atoms with van der Waals surface area (Å²) in [6.07, 6.45) is 1.96. The molecule has 12 heteroatoms. The van der Waals surface area contributed by atoms with Crippen molar-refractivity contribution in [2.24, 2.45) is 5.73 Å². The number of carbonyl (C=O) groups excluding carboxylic acids is 1. The van der Waals surface area contributed by atoms with Gasteiger partial charge in [0.2, 0.25) is 5.91 Å². The Bertz CT molecular complexity index is 1220. The lowest BCUT2D eigenvalue weighted by molar-refractivity contribution is -0.135. The summed E-state index contributed by atoms with van der Waals surface area (Å²) in [5, 5.41) is 2.62. The minimum atomic E-state index is -4.55. The van der Waals surface area contributed by atoms with Gasteiger partial charge in [0.05, 0.1) is 11.4 Å². The first-order valence-corrected chi connectivity index (χ1v) is 10.5. The highest BCUT2D eigenvalue weighted by molar-refractivity contribution is 7.90. The summed E-state index contributed by atoms with van der Waals surface area (Å²) in [6.45, 7) is -0.189. The van der Waals surface area contributed by atoms with Gasteiger partial charge in [-0.15, -0.1) is 0 Å². The highest BCUT2D eigenvalue weighted by atomic mass is 32.2. The SMILES string of the molecule is C[C@@](NCC(F)(F)F)(C(N)=O)c1cncc(-c2c[nH]c3ncc(S(C)(=O)=O)cc23)c1. The van der Waals surface area contributed by atoms with Crippen molar-refractivity contribution in [3.8, 4) is 11.1 Å². The van der Waals surface area contributed by atoms with Gasteiger partial charge in [0.15, 0.2) is 9.84 Å². The number of H-pyrrole nitrogens is 1. The number of nitrogens with two attached hydrogens (primary N) is 1. The third-order valence-electron chi connectivity index (χ3n) is 4.70. The number of hydrogen-bond acceptors (Lipinski definition) is 6. The van der Waals surface area contributed by atoms with Crippen molar-refractivity contribution in [1.82, 2.24) is 20.3 Å². The van der Waals surface area contributed by atoms with Crippen molar-refractivity contribution in [2.75, 3.05) is 12.8 Å². The fraction of sp³-hybridized carbons (Fsp3) is 0.278. The van der Waals surface area contributed by atoms with E-state index in [2.05, 4.69) is 20.3 Å². The highest BCUT2D eigenvalue weighted by Gasteiger charge is 2.38. The van der Waals surface area contributed by atoms with E-state index in [1.165, 1.54) is 37.6 Å². The Morgan fingerprint density at radius 1 is 1.23 bits per heavy atom. The van der Waals surface area contributed by atoms with Crippen LogP contribution in [0.2, 0.25) is 0 Å². The van der Waals surface area contributed by atoms with E-state index in [0.29, 0.717) is 22.2 Å². The summed E-state index contributed by atoms with van der Waals surface area (Å²) in [6, 6.07) is 2.90. The molecule has 0 aromatic carbocycles. The van der Waals surface area contributed by atoms with Gasteiger partial charge in [0, 0.05) is 53.1 Å². The second-order valence-corrected chi connectivity index (χ2v) is 8.98. The number of carbonyl (C=O) groups is 1. The van der Waals surface area contributed by atoms with Crippen molar-refractivity contribution in [1.29, 1.82) is 0 Å². The first-order chi connectivity index (χ1) is 13.8. The van der Waals surface area contributed by atoms with Crippen molar-refractivity contribution >= 4 is 26.8 Å². The number of pyridine rings is 2. The Morgan fingerprint density at radius 3 is 2.53 bits per heavy atom. The van der Waals surface area contributed by atoms with Gasteiger partial charge in [-0.1, -0.05) is 0 Å². The molecule has 1 amide bonds. The number of hydrogen-bond donors (Lipinski definition) is 3. The van der Waals surface area contributed by atoms with Gasteiger partial charge in [-0.05, 0) is 19.1 Å². The molecular weight excluding hydrogens is 423 g/mol. The van der Waals surface area contributed by atoms with E-state index in [9.17, 15) is 26.4 Å². The van der Waals surface area contributed by atoms with Crippen LogP contribution in [-0.2, 0) is 20.2 Å². The fourth-order valence-electron chi connectivity index (χ4n) is 2.89. The van der Waals surface area contributed by atoms with Gasteiger partial charge in [0.25, 0.3) is 0 Å². The van der Waals surface area contributed by atoms with Crippen LogP contribution >= 0.6 is 0 Å². The molecular formula is C18H18F3N5O3S. The summed E-state index contributed by atoms with van der Waals surface area (Å²) in [7, 11) is -3.50. The van der Waals surface area contributed by atoms with Crippen LogP contribution in [0.15, 0.2) is 41.8 Å². The predicted octanol–water partition coefficient (Wildman–Crippen LogP) is 1.88. The van der Waals surface area contributed by atoms with Crippen molar-refractivity contribution in [3.63, 3.8) is 0 Å². The quantitative estimate of drug-likeness (QED) is 0.535. The molecule has 4 N–H and O–H groups in total. The van der Waals surface area contributed by atoms with E-state index >= 15 is 0 Å². The standard InChI is InChI=1S/C18H18F3N5O3S/c1-17(16(22)27,26-9-18(19,20)21)11-3-10(5-23-6-11)14-8-25-15-13(14)4-12(7-24-15)30(2,28)29/h3-8,26H,9H2,1-2H3,(H2,22,27)(H,24,25)/t17-/m0/s1. The number of amides is 1. The second-order valence-electron chi connectivity index (χ2n) is 6.96. The Kier molecular flexibility index (Phi) is 5.33. The largest absolute Gasteiger partial charge is 0.401 e. The molecule has 0 aliphatic heterocycles. The van der Waals surface area contributed by atoms with Crippen molar-refractivity contribution < 1.29 is 26.4 Å². The number of fused-ring (bicyclic) bond motifs is 1. The molecule has 3 aromatic rings. The summed E-state index contributed by atoms with van der Waals surface area (Å²) >= 11 is 0. The number of aromatic nitrogens is 3. The fourth-order valence-corrected chi connectivity index (χ4v) is 3.47. The minimum Gasteiger partial charge on any atom is -0.368 e. The molecule has 1 atom stereocenters. The summed E-state index contributed by atoms with van der Waals surface area (Å²) < 4.78 is 61.7. The molecule has 160 valence electrons. The zero-order valence-electron chi connectivity index (χ0n) is 15.9. The molecule has 3 aromatic heterocycles. The molecule has 3 rings (SSSR count). The van der Waals surface area contributed by atoms with Crippen LogP contribution in [0, 0.1) is 0 Å². The van der Waals surface area contributed by atoms with Crippen LogP contribution in [0.3, 0.4) is 0 Å². The van der Waals surface area contributed by atoms with E-state index in [1.807, 2.05) is 0 Å². The van der Waals surface area contributed by atoms with E-state index in [1.54, 1.807) is 6.20 Å². The molecule has 0 saturated carbocycles. The molecule has 0 aliphatic carbocycles. The number of halogens is 3. The maximum absolute atomic E-state index is 12.7. The number of rotatable bonds is 6. The highest BCUT2D eigenvalue weighted by Crippen LogP contribution is 2.31. The minimum absolute atomic E-state index is 0.00813. The molecule has 0 radical (unpaired) electrons. The lowest BCUT2D eigenvalue weighted by Crippen LogP contribution is -2.53. The van der Waals surface area contributed by atoms with Gasteiger partial charge in [-0.3, -0.25) is 15.1 Å². The summed E-state index contributed by atoms with van der Waals surface area (Å²) in [5.74, 6) is -1.01. The second kappa shape index (κ2) is 7.36. The number of primary amides is 1. The van der Waals surface area contributed by atoms with Crippen LogP contribution in [-0.4, -0.2) is 48.3 Å². The number of aromatic amines is 1. The van der Waals surface area contributed by atoms with Crippen LogP contribution in [0.25, 0.3) is 22.2 Å². The third kappa shape index (κ3) is 4.28. The number of sulfone groups is 1. The lowest BCUT2D eigenvalue weighted by atomic mass is 9.90. The zero-order chi connectivity index (χ0) is 22.3. The molecule has 0 saturated heterocycles. The van der Waals surface area contributed by atoms with Gasteiger partial charge in [-0.25, -0.2) is 13.4 Å². The molecule has 0 fully saturated rings. The average molecular weight is 441 g/mol. The van der Waals surface area contributed by atoms with Crippen molar-refractivity contribution in [2.45, 2.75) is 23.5 Å². The molecule has 0 bridgehead atoms. The topological polar surface area (TPSA) is 131 Å². The molecule has 30 heavy (non-hydrogen) atoms. The van der Waals surface area contributed by atoms with E-state index in [-0.39, 0.29) is 10.5 Å². The smallest absolute Gasteiger partial charge is 0.368 e. The van der Waals surface area contributed by atoms with Gasteiger partial charge in [0.1, 0.15) is 11.2 Å². The van der Waals surface area contributed by atoms with Gasteiger partial charge < -0.3 is 10.7 Å². The number of nitrogens with one attached hydrogen (secondary N) is 2. The average Bonchev–Trinajstić information content (AvgIpc) is 3.08. The van der Waals surface area contributed by atoms with Crippen molar-refractivity contribution in [3.05, 3.63) is 42.5 Å². The molecule has 0 aliphatic rings. The number of alkyl halides is 3. The van der Waals surface area contributed by atoms with Crippen LogP contribution in [0.1, 0.15) is 12.5 Å². The molecule has 3 heterocycles. The summed E-state index contributed by atoms with van der Waals surface area (Å²) in [5.41, 5.74) is 5.03. The van der Waals surface area contributed by atoms with Gasteiger partial charge >= 0.3 is 6.18 Å². The lowest BCUT2D eigenvalue weighted by Gasteiger charge is -2.28. The van der Waals surface area contributed by atoms with Crippen LogP contribution in [0.5, 0.6) is 0 Å². The molecule has 8 nitrogen and oxygen atoms in total. The van der Waals surface area contributed by atoms with E-state index < -0.39 is 34.0 Å². The Balaban J connectivity index is 2.10. The Labute approximate surface area is 169 Å². The van der Waals surface area contributed by atoms with E-state index in [0.717, 1.165) is 6.26 Å². The normalized spacial score (nSPS) is 14.6. The first-order valence-electron chi connectivity index (χ1n) is 8.56. The van der Waals surface area contributed by atoms with Crippen LogP contribution < -0.4 is 11.1 Å². The van der Waals surface area contributed by atoms with Gasteiger partial charge in [-0.2, -0.15) is 13.2 Å². The van der Waals surface area contributed by atoms with E-state index in [4.69, 9.17) is 5.73 Å². The third-order valence-corrected chi connectivity index (χ3v) is 5.78. The monoisotopic (exact) mass is 441 g/mol. The summed E-state index contributed by atoms with van der Waals surface area (Å²) in [4.78, 5) is 23.0. The maximum atomic E-state index is 12.7. The first kappa shape index (κ1) is 21.7. The van der Waals surface area contributed by atoms with Crippen LogP contribution in [0.4, 0.5) is 13.2 Å². The Morgan fingerprint density at radius 2 is 1.93 bits per heavy atom. The molecule has 0 spiro atoms. The Hall–Kier alpha value is -2.99. The molecule has 0 unspecified atom stereocenters. The number of nitrogens with zero attached hydrogens (tertiary/aromatic N) is 2. The zero-order valence-corrected chi connectivity index (χ0v) is 16.7.